The smallest absolute Gasteiger partial charge is 0.332 e. The second-order valence-electron chi connectivity index (χ2n) is 10.7. The lowest BCUT2D eigenvalue weighted by atomic mass is 9.97. The molecule has 0 bridgehead atoms. The maximum absolute atomic E-state index is 15.0. The molecule has 0 saturated carbocycles. The fourth-order valence-electron chi connectivity index (χ4n) is 5.38. The number of aryl methyl sites for hydroxylation is 1. The van der Waals surface area contributed by atoms with E-state index >= 15 is 4.39 Å². The molecule has 1 aliphatic heterocycles. The SMILES string of the molecule is COc1ncc(-c2cc(F)cc(-c3ccc(-n4ccn(C)c4=O)c(Cl)c3)c2O)cc1N1CCCCN(C(C)C)CC1. The lowest BCUT2D eigenvalue weighted by Gasteiger charge is -2.34. The topological polar surface area (TPSA) is 75.8 Å². The Kier molecular flexibility index (Phi) is 8.37. The molecule has 10 heteroatoms. The Balaban J connectivity index is 1.53. The molecule has 1 N–H and O–H groups in total. The predicted octanol–water partition coefficient (Wildman–Crippen LogP) is 5.72. The van der Waals surface area contributed by atoms with Gasteiger partial charge in [0.1, 0.15) is 17.3 Å². The molecule has 3 heterocycles. The van der Waals surface area contributed by atoms with Gasteiger partial charge in [-0.1, -0.05) is 17.7 Å². The Morgan fingerprint density at radius 3 is 2.37 bits per heavy atom. The molecular weight excluding hydrogens is 545 g/mol. The van der Waals surface area contributed by atoms with Crippen LogP contribution in [0.4, 0.5) is 10.1 Å². The van der Waals surface area contributed by atoms with E-state index in [4.69, 9.17) is 16.3 Å². The van der Waals surface area contributed by atoms with Gasteiger partial charge in [0.25, 0.3) is 0 Å². The summed E-state index contributed by atoms with van der Waals surface area (Å²) < 4.78 is 23.5. The zero-order valence-corrected chi connectivity index (χ0v) is 24.5. The van der Waals surface area contributed by atoms with Crippen LogP contribution < -0.4 is 15.3 Å². The highest BCUT2D eigenvalue weighted by molar-refractivity contribution is 6.32. The first-order chi connectivity index (χ1) is 19.7. The summed E-state index contributed by atoms with van der Waals surface area (Å²) in [6, 6.07) is 9.95. The Labute approximate surface area is 244 Å². The van der Waals surface area contributed by atoms with Crippen LogP contribution in [0.25, 0.3) is 27.9 Å². The first kappa shape index (κ1) is 28.7. The fourth-order valence-corrected chi connectivity index (χ4v) is 5.65. The summed E-state index contributed by atoms with van der Waals surface area (Å²) >= 11 is 6.56. The summed E-state index contributed by atoms with van der Waals surface area (Å²) in [5.41, 5.74) is 2.74. The number of halogens is 2. The lowest BCUT2D eigenvalue weighted by molar-refractivity contribution is 0.214. The van der Waals surface area contributed by atoms with Gasteiger partial charge in [-0.2, -0.15) is 0 Å². The number of pyridine rings is 1. The minimum absolute atomic E-state index is 0.0938. The van der Waals surface area contributed by atoms with Crippen molar-refractivity contribution < 1.29 is 14.2 Å². The van der Waals surface area contributed by atoms with Gasteiger partial charge in [0.2, 0.25) is 5.88 Å². The first-order valence-electron chi connectivity index (χ1n) is 13.8. The van der Waals surface area contributed by atoms with Crippen molar-refractivity contribution >= 4 is 17.3 Å². The van der Waals surface area contributed by atoms with E-state index in [1.807, 2.05) is 6.07 Å². The van der Waals surface area contributed by atoms with Gasteiger partial charge in [0, 0.05) is 68.0 Å². The van der Waals surface area contributed by atoms with E-state index < -0.39 is 5.82 Å². The number of aromatic hydroxyl groups is 1. The summed E-state index contributed by atoms with van der Waals surface area (Å²) in [6.07, 6.45) is 6.97. The van der Waals surface area contributed by atoms with E-state index in [-0.39, 0.29) is 17.0 Å². The number of anilines is 1. The third-order valence-electron chi connectivity index (χ3n) is 7.73. The summed E-state index contributed by atoms with van der Waals surface area (Å²) in [5, 5.41) is 11.7. The van der Waals surface area contributed by atoms with Crippen molar-refractivity contribution in [3.8, 4) is 39.6 Å². The number of phenols is 1. The van der Waals surface area contributed by atoms with Gasteiger partial charge < -0.3 is 19.3 Å². The molecule has 2 aromatic carbocycles. The van der Waals surface area contributed by atoms with Gasteiger partial charge >= 0.3 is 5.69 Å². The fraction of sp³-hybridized carbons (Fsp3) is 0.355. The second kappa shape index (κ2) is 12.0. The van der Waals surface area contributed by atoms with Crippen LogP contribution in [-0.2, 0) is 7.05 Å². The highest BCUT2D eigenvalue weighted by atomic mass is 35.5. The predicted molar refractivity (Wildman–Crippen MR) is 161 cm³/mol. The number of benzene rings is 2. The van der Waals surface area contributed by atoms with Crippen molar-refractivity contribution in [3.63, 3.8) is 0 Å². The van der Waals surface area contributed by atoms with Gasteiger partial charge in [0.05, 0.1) is 17.8 Å². The number of phenolic OH excluding ortho intramolecular Hbond substituents is 1. The van der Waals surface area contributed by atoms with E-state index in [1.165, 1.54) is 21.3 Å². The third kappa shape index (κ3) is 5.83. The molecule has 4 aromatic rings. The Morgan fingerprint density at radius 1 is 0.976 bits per heavy atom. The Morgan fingerprint density at radius 2 is 1.71 bits per heavy atom. The van der Waals surface area contributed by atoms with Crippen LogP contribution in [0.3, 0.4) is 0 Å². The lowest BCUT2D eigenvalue weighted by Crippen LogP contribution is -2.42. The van der Waals surface area contributed by atoms with Crippen LogP contribution in [0.15, 0.2) is 59.8 Å². The van der Waals surface area contributed by atoms with Crippen LogP contribution >= 0.6 is 11.6 Å². The summed E-state index contributed by atoms with van der Waals surface area (Å²) in [5.74, 6) is -0.118. The molecule has 0 radical (unpaired) electrons. The Hall–Kier alpha value is -3.82. The molecular formula is C31H35ClFN5O3. The minimum atomic E-state index is -0.511. The molecule has 41 heavy (non-hydrogen) atoms. The maximum Gasteiger partial charge on any atom is 0.332 e. The molecule has 0 amide bonds. The number of hydrogen-bond donors (Lipinski definition) is 1. The molecule has 8 nitrogen and oxygen atoms in total. The molecule has 0 unspecified atom stereocenters. The minimum Gasteiger partial charge on any atom is -0.507 e. The van der Waals surface area contributed by atoms with Gasteiger partial charge in [-0.05, 0) is 69.1 Å². The van der Waals surface area contributed by atoms with Crippen LogP contribution in [0, 0.1) is 5.82 Å². The molecule has 0 atom stereocenters. The van der Waals surface area contributed by atoms with E-state index in [9.17, 15) is 9.90 Å². The van der Waals surface area contributed by atoms with Crippen molar-refractivity contribution in [1.82, 2.24) is 19.0 Å². The number of imidazole rings is 1. The average molecular weight is 580 g/mol. The number of ether oxygens (including phenoxy) is 1. The van der Waals surface area contributed by atoms with Crippen molar-refractivity contribution in [1.29, 1.82) is 0 Å². The van der Waals surface area contributed by atoms with Crippen LogP contribution in [0.5, 0.6) is 11.6 Å². The Bertz CT molecular complexity index is 1620. The van der Waals surface area contributed by atoms with Crippen molar-refractivity contribution in [2.24, 2.45) is 7.05 Å². The van der Waals surface area contributed by atoms with E-state index in [1.54, 1.807) is 50.9 Å². The van der Waals surface area contributed by atoms with Crippen molar-refractivity contribution in [2.45, 2.75) is 32.7 Å². The highest BCUT2D eigenvalue weighted by Gasteiger charge is 2.22. The number of methoxy groups -OCH3 is 1. The molecule has 5 rings (SSSR count). The van der Waals surface area contributed by atoms with Crippen LogP contribution in [0.2, 0.25) is 5.02 Å². The van der Waals surface area contributed by atoms with Gasteiger partial charge in [0.15, 0.2) is 0 Å². The van der Waals surface area contributed by atoms with E-state index in [0.29, 0.717) is 39.3 Å². The summed E-state index contributed by atoms with van der Waals surface area (Å²) in [7, 11) is 3.24. The van der Waals surface area contributed by atoms with Crippen molar-refractivity contribution in [3.05, 3.63) is 76.3 Å². The number of nitrogens with zero attached hydrogens (tertiary/aromatic N) is 5. The van der Waals surface area contributed by atoms with Gasteiger partial charge in [-0.15, -0.1) is 0 Å². The van der Waals surface area contributed by atoms with Crippen molar-refractivity contribution in [2.75, 3.05) is 38.2 Å². The average Bonchev–Trinajstić information content (AvgIpc) is 3.26. The van der Waals surface area contributed by atoms with Gasteiger partial charge in [-0.3, -0.25) is 9.47 Å². The summed E-state index contributed by atoms with van der Waals surface area (Å²) in [4.78, 5) is 21.7. The monoisotopic (exact) mass is 579 g/mol. The number of hydrogen-bond acceptors (Lipinski definition) is 6. The standard InChI is InChI=1S/C31H35ClFN5O3/c1-20(2)36-9-5-6-10-37(13-12-36)28-16-22(19-34-30(28)41-4)25-18-23(33)17-24(29(25)39)21-7-8-27(26(32)15-21)38-14-11-35(3)31(38)40/h7-8,11,14-20,39H,5-6,9-10,12-13H2,1-4H3. The molecule has 0 spiro atoms. The maximum atomic E-state index is 15.0. The van der Waals surface area contributed by atoms with Crippen LogP contribution in [-0.4, -0.2) is 63.5 Å². The van der Waals surface area contributed by atoms with Gasteiger partial charge in [-0.25, -0.2) is 14.2 Å². The number of aromatic nitrogens is 3. The summed E-state index contributed by atoms with van der Waals surface area (Å²) in [6.45, 7) is 8.06. The zero-order valence-electron chi connectivity index (χ0n) is 23.8. The van der Waals surface area contributed by atoms with E-state index in [0.717, 1.165) is 44.7 Å². The first-order valence-corrected chi connectivity index (χ1v) is 14.2. The molecule has 1 fully saturated rings. The largest absolute Gasteiger partial charge is 0.507 e. The molecule has 1 saturated heterocycles. The molecule has 216 valence electrons. The number of rotatable bonds is 6. The molecule has 0 aliphatic carbocycles. The normalized spacial score (nSPS) is 14.8. The second-order valence-corrected chi connectivity index (χ2v) is 11.1. The molecule has 2 aromatic heterocycles. The third-order valence-corrected chi connectivity index (χ3v) is 8.03. The quantitative estimate of drug-likeness (QED) is 0.315. The van der Waals surface area contributed by atoms with E-state index in [2.05, 4.69) is 28.6 Å². The zero-order chi connectivity index (χ0) is 29.3. The molecule has 1 aliphatic rings. The van der Waals surface area contributed by atoms with Crippen LogP contribution in [0.1, 0.15) is 26.7 Å². The highest BCUT2D eigenvalue weighted by Crippen LogP contribution is 2.42.